The van der Waals surface area contributed by atoms with Gasteiger partial charge in [-0.05, 0) is 66.6 Å². The number of hydrogen-bond acceptors (Lipinski definition) is 11. The lowest BCUT2D eigenvalue weighted by atomic mass is 10.1. The van der Waals surface area contributed by atoms with E-state index in [1.54, 1.807) is 46.1 Å². The van der Waals surface area contributed by atoms with Gasteiger partial charge in [0, 0.05) is 24.3 Å². The molecular formula is C27H29N7O8S3. The molecule has 2 aliphatic rings. The molecule has 2 fully saturated rings. The van der Waals surface area contributed by atoms with Gasteiger partial charge in [-0.15, -0.1) is 11.3 Å². The third-order valence-corrected chi connectivity index (χ3v) is 10.5. The first kappa shape index (κ1) is 31.7. The number of rotatable bonds is 8. The van der Waals surface area contributed by atoms with Gasteiger partial charge in [-0.25, -0.2) is 18.1 Å². The minimum atomic E-state index is -3.91. The molecule has 2 aromatic heterocycles. The predicted octanol–water partition coefficient (Wildman–Crippen LogP) is 0.907. The van der Waals surface area contributed by atoms with E-state index in [1.165, 1.54) is 24.3 Å². The topological polar surface area (TPSA) is 204 Å². The number of carbonyl (C=O) groups excluding carboxylic acids is 2. The summed E-state index contributed by atoms with van der Waals surface area (Å²) in [5.74, 6) is -1.57. The standard InChI is InChI=1S/C14H16N4O4S.C13H13N3O4S2/c1-17-8-11(7-15-17)3-2-10-4-5-12(13(19)6-10)18-9-14(20)16-23(18,21)22;17-12-5-9(1-3-10-6-14-8-21-10)2-4-11(12)16-7-13(18)15-22(16,19)20/h4-8,19H,2-3,9H2,1H3,(H,16,20);2,4-6,8,17H,1,3,7H2,(H,15,18). The number of aromatic nitrogens is 3. The van der Waals surface area contributed by atoms with Crippen LogP contribution in [-0.4, -0.2) is 66.7 Å². The van der Waals surface area contributed by atoms with Gasteiger partial charge in [-0.3, -0.25) is 19.3 Å². The van der Waals surface area contributed by atoms with Gasteiger partial charge < -0.3 is 10.2 Å². The number of phenols is 2. The molecule has 2 aromatic carbocycles. The summed E-state index contributed by atoms with van der Waals surface area (Å²) >= 11 is 1.56. The number of aromatic hydroxyl groups is 2. The van der Waals surface area contributed by atoms with Crippen molar-refractivity contribution in [2.45, 2.75) is 25.7 Å². The maximum absolute atomic E-state index is 11.8. The van der Waals surface area contributed by atoms with Crippen molar-refractivity contribution in [1.29, 1.82) is 0 Å². The third-order valence-electron chi connectivity index (χ3n) is 6.86. The summed E-state index contributed by atoms with van der Waals surface area (Å²) in [6.45, 7) is -0.652. The number of nitrogens with one attached hydrogen (secondary N) is 2. The van der Waals surface area contributed by atoms with Crippen molar-refractivity contribution in [3.8, 4) is 11.5 Å². The van der Waals surface area contributed by atoms with Gasteiger partial charge >= 0.3 is 20.4 Å². The third kappa shape index (κ3) is 7.52. The molecule has 4 aromatic rings. The zero-order valence-electron chi connectivity index (χ0n) is 23.8. The summed E-state index contributed by atoms with van der Waals surface area (Å²) in [4.78, 5) is 27.6. The quantitative estimate of drug-likeness (QED) is 0.208. The zero-order valence-corrected chi connectivity index (χ0v) is 26.3. The summed E-state index contributed by atoms with van der Waals surface area (Å²) < 4.78 is 54.3. The molecule has 6 rings (SSSR count). The van der Waals surface area contributed by atoms with E-state index in [0.29, 0.717) is 12.8 Å². The minimum Gasteiger partial charge on any atom is -0.506 e. The Bertz CT molecular complexity index is 1940. The van der Waals surface area contributed by atoms with Crippen LogP contribution in [-0.2, 0) is 62.7 Å². The molecule has 238 valence electrons. The van der Waals surface area contributed by atoms with E-state index in [9.17, 15) is 36.6 Å². The van der Waals surface area contributed by atoms with Crippen LogP contribution in [0.4, 0.5) is 11.4 Å². The number of amides is 2. The second-order valence-electron chi connectivity index (χ2n) is 10.2. The number of benzene rings is 2. The van der Waals surface area contributed by atoms with Crippen molar-refractivity contribution in [3.63, 3.8) is 0 Å². The molecule has 2 saturated heterocycles. The number of aryl methyl sites for hydroxylation is 5. The molecule has 4 N–H and O–H groups in total. The maximum atomic E-state index is 11.8. The van der Waals surface area contributed by atoms with E-state index in [0.717, 1.165) is 43.0 Å². The van der Waals surface area contributed by atoms with E-state index in [1.807, 2.05) is 22.7 Å². The number of thiazole rings is 1. The molecule has 15 nitrogen and oxygen atoms in total. The number of phenolic OH excluding ortho intramolecular Hbond substituents is 2. The minimum absolute atomic E-state index is 0.0912. The van der Waals surface area contributed by atoms with Gasteiger partial charge in [0.1, 0.15) is 24.6 Å². The van der Waals surface area contributed by atoms with Crippen molar-refractivity contribution in [2.75, 3.05) is 21.7 Å². The largest absolute Gasteiger partial charge is 0.506 e. The van der Waals surface area contributed by atoms with E-state index in [4.69, 9.17) is 0 Å². The lowest BCUT2D eigenvalue weighted by Crippen LogP contribution is -2.29. The molecule has 0 atom stereocenters. The van der Waals surface area contributed by atoms with Crippen LogP contribution in [0.3, 0.4) is 0 Å². The van der Waals surface area contributed by atoms with Crippen molar-refractivity contribution in [1.82, 2.24) is 24.2 Å². The average molecular weight is 676 g/mol. The molecule has 2 aliphatic heterocycles. The highest BCUT2D eigenvalue weighted by Crippen LogP contribution is 2.33. The number of hydrogen-bond donors (Lipinski definition) is 4. The number of anilines is 2. The molecule has 0 radical (unpaired) electrons. The summed E-state index contributed by atoms with van der Waals surface area (Å²) in [5, 5.41) is 24.3. The van der Waals surface area contributed by atoms with E-state index < -0.39 is 32.2 Å². The summed E-state index contributed by atoms with van der Waals surface area (Å²) in [6, 6.07) is 9.54. The molecule has 0 unspecified atom stereocenters. The van der Waals surface area contributed by atoms with Gasteiger partial charge in [0.15, 0.2) is 0 Å². The Morgan fingerprint density at radius 3 is 1.69 bits per heavy atom. The molecule has 0 aliphatic carbocycles. The summed E-state index contributed by atoms with van der Waals surface area (Å²) in [5.41, 5.74) is 4.77. The van der Waals surface area contributed by atoms with Crippen LogP contribution in [0.2, 0.25) is 0 Å². The number of nitrogens with zero attached hydrogens (tertiary/aromatic N) is 5. The van der Waals surface area contributed by atoms with Gasteiger partial charge in [0.2, 0.25) is 0 Å². The van der Waals surface area contributed by atoms with Crippen LogP contribution in [0.5, 0.6) is 11.5 Å². The Morgan fingerprint density at radius 1 is 0.778 bits per heavy atom. The fourth-order valence-electron chi connectivity index (χ4n) is 4.72. The first-order valence-corrected chi connectivity index (χ1v) is 17.2. The first-order valence-electron chi connectivity index (χ1n) is 13.5. The van der Waals surface area contributed by atoms with Crippen molar-refractivity contribution >= 4 is 54.9 Å². The lowest BCUT2D eigenvalue weighted by Gasteiger charge is -2.16. The summed E-state index contributed by atoms with van der Waals surface area (Å²) in [6.07, 6.45) is 8.45. The van der Waals surface area contributed by atoms with Gasteiger partial charge in [-0.1, -0.05) is 12.1 Å². The van der Waals surface area contributed by atoms with Crippen LogP contribution in [0, 0.1) is 0 Å². The van der Waals surface area contributed by atoms with Crippen molar-refractivity contribution < 1.29 is 36.6 Å². The molecule has 0 spiro atoms. The lowest BCUT2D eigenvalue weighted by molar-refractivity contribution is -0.118. The Labute approximate surface area is 263 Å². The van der Waals surface area contributed by atoms with Crippen molar-refractivity contribution in [2.24, 2.45) is 7.05 Å². The molecule has 0 bridgehead atoms. The van der Waals surface area contributed by atoms with E-state index in [2.05, 4.69) is 10.1 Å². The highest BCUT2D eigenvalue weighted by Gasteiger charge is 2.36. The zero-order chi connectivity index (χ0) is 32.4. The average Bonchev–Trinajstić information content (AvgIpc) is 3.74. The predicted molar refractivity (Wildman–Crippen MR) is 165 cm³/mol. The van der Waals surface area contributed by atoms with E-state index >= 15 is 0 Å². The SMILES string of the molecule is Cn1cc(CCc2ccc(N3CC(=O)NS3(=O)=O)c(O)c2)cn1.O=C1CN(c2ccc(CCc3cncs3)cc2O)S(=O)(=O)N1. The Morgan fingerprint density at radius 2 is 1.29 bits per heavy atom. The van der Waals surface area contributed by atoms with Crippen LogP contribution < -0.4 is 18.1 Å². The molecule has 0 saturated carbocycles. The second kappa shape index (κ2) is 12.7. The Hall–Kier alpha value is -4.68. The second-order valence-corrected chi connectivity index (χ2v) is 14.4. The molecule has 45 heavy (non-hydrogen) atoms. The van der Waals surface area contributed by atoms with Gasteiger partial charge in [0.05, 0.1) is 23.1 Å². The van der Waals surface area contributed by atoms with Gasteiger partial charge in [0.25, 0.3) is 11.8 Å². The van der Waals surface area contributed by atoms with Gasteiger partial charge in [-0.2, -0.15) is 21.9 Å². The summed E-state index contributed by atoms with van der Waals surface area (Å²) in [7, 11) is -5.98. The fraction of sp³-hybridized carbons (Fsp3) is 0.259. The maximum Gasteiger partial charge on any atom is 0.326 e. The van der Waals surface area contributed by atoms with Crippen LogP contribution >= 0.6 is 11.3 Å². The molecule has 2 amide bonds. The monoisotopic (exact) mass is 675 g/mol. The van der Waals surface area contributed by atoms with Crippen LogP contribution in [0.15, 0.2) is 60.5 Å². The highest BCUT2D eigenvalue weighted by atomic mass is 32.2. The number of carbonyl (C=O) groups is 2. The molecule has 18 heteroatoms. The van der Waals surface area contributed by atoms with Crippen molar-refractivity contribution in [3.05, 3.63) is 82.1 Å². The Kier molecular flexibility index (Phi) is 8.98. The van der Waals surface area contributed by atoms with E-state index in [-0.39, 0.29) is 36.0 Å². The highest BCUT2D eigenvalue weighted by molar-refractivity contribution is 7.92. The molecule has 4 heterocycles. The normalized spacial score (nSPS) is 16.6. The van der Waals surface area contributed by atoms with Crippen LogP contribution in [0.1, 0.15) is 21.6 Å². The Balaban J connectivity index is 0.000000178. The van der Waals surface area contributed by atoms with Crippen LogP contribution in [0.25, 0.3) is 0 Å². The fourth-order valence-corrected chi connectivity index (χ4v) is 7.64. The first-order chi connectivity index (χ1) is 21.3. The molecular weight excluding hydrogens is 647 g/mol. The smallest absolute Gasteiger partial charge is 0.326 e.